The van der Waals surface area contributed by atoms with Gasteiger partial charge in [0.15, 0.2) is 0 Å². The number of carbonyl (C=O) groups is 1. The van der Waals surface area contributed by atoms with E-state index in [2.05, 4.69) is 45.6 Å². The van der Waals surface area contributed by atoms with Crippen molar-refractivity contribution < 1.29 is 4.79 Å². The van der Waals surface area contributed by atoms with Gasteiger partial charge in [0.2, 0.25) is 5.91 Å². The van der Waals surface area contributed by atoms with Gasteiger partial charge in [-0.25, -0.2) is 0 Å². The zero-order valence-corrected chi connectivity index (χ0v) is 11.2. The second-order valence-corrected chi connectivity index (χ2v) is 4.63. The average Bonchev–Trinajstić information content (AvgIpc) is 2.24. The Hall–Kier alpha value is -0.870. The topological polar surface area (TPSA) is 41.1 Å². The summed E-state index contributed by atoms with van der Waals surface area (Å²) in [5.41, 5.74) is 1.23. The van der Waals surface area contributed by atoms with Crippen LogP contribution < -0.4 is 10.6 Å². The molecule has 0 heterocycles. The summed E-state index contributed by atoms with van der Waals surface area (Å²) >= 11 is 3.45. The van der Waals surface area contributed by atoms with Crippen molar-refractivity contribution in [2.45, 2.75) is 19.9 Å². The first-order valence-corrected chi connectivity index (χ1v) is 6.12. The molecule has 3 nitrogen and oxygen atoms in total. The fourth-order valence-electron chi connectivity index (χ4n) is 1.42. The maximum absolute atomic E-state index is 10.7. The van der Waals surface area contributed by atoms with E-state index in [1.165, 1.54) is 12.5 Å². The molecule has 0 saturated carbocycles. The predicted molar refractivity (Wildman–Crippen MR) is 69.2 cm³/mol. The molecular formula is C12H17BrN2O. The van der Waals surface area contributed by atoms with Gasteiger partial charge in [0.1, 0.15) is 0 Å². The van der Waals surface area contributed by atoms with Gasteiger partial charge in [-0.1, -0.05) is 28.1 Å². The molecular weight excluding hydrogens is 268 g/mol. The maximum atomic E-state index is 10.7. The van der Waals surface area contributed by atoms with Crippen molar-refractivity contribution in [2.75, 3.05) is 13.1 Å². The van der Waals surface area contributed by atoms with Crippen LogP contribution >= 0.6 is 15.9 Å². The molecule has 1 unspecified atom stereocenters. The zero-order valence-electron chi connectivity index (χ0n) is 9.59. The smallest absolute Gasteiger partial charge is 0.216 e. The molecule has 1 aromatic carbocycles. The van der Waals surface area contributed by atoms with E-state index in [-0.39, 0.29) is 11.9 Å². The fourth-order valence-corrected chi connectivity index (χ4v) is 1.84. The summed E-state index contributed by atoms with van der Waals surface area (Å²) in [4.78, 5) is 10.7. The maximum Gasteiger partial charge on any atom is 0.216 e. The minimum Gasteiger partial charge on any atom is -0.355 e. The number of amides is 1. The van der Waals surface area contributed by atoms with Crippen LogP contribution in [0.2, 0.25) is 0 Å². The Balaban J connectivity index is 2.35. The molecule has 0 aliphatic heterocycles. The Bertz CT molecular complexity index is 355. The molecule has 0 spiro atoms. The molecule has 16 heavy (non-hydrogen) atoms. The lowest BCUT2D eigenvalue weighted by Crippen LogP contribution is -2.31. The Morgan fingerprint density at radius 2 is 2.19 bits per heavy atom. The summed E-state index contributed by atoms with van der Waals surface area (Å²) in [6, 6.07) is 8.49. The van der Waals surface area contributed by atoms with Crippen LogP contribution in [0.4, 0.5) is 0 Å². The molecule has 1 atom stereocenters. The molecule has 0 saturated heterocycles. The van der Waals surface area contributed by atoms with Crippen molar-refractivity contribution in [3.63, 3.8) is 0 Å². The van der Waals surface area contributed by atoms with Gasteiger partial charge in [0, 0.05) is 30.5 Å². The predicted octanol–water partition coefficient (Wildman–Crippen LogP) is 2.24. The number of hydrogen-bond donors (Lipinski definition) is 2. The highest BCUT2D eigenvalue weighted by atomic mass is 79.9. The van der Waals surface area contributed by atoms with E-state index >= 15 is 0 Å². The monoisotopic (exact) mass is 284 g/mol. The third-order valence-electron chi connectivity index (χ3n) is 2.30. The van der Waals surface area contributed by atoms with E-state index in [0.717, 1.165) is 11.0 Å². The lowest BCUT2D eigenvalue weighted by molar-refractivity contribution is -0.118. The van der Waals surface area contributed by atoms with E-state index in [1.807, 2.05) is 12.1 Å². The van der Waals surface area contributed by atoms with Gasteiger partial charge in [-0.3, -0.25) is 4.79 Å². The third kappa shape index (κ3) is 4.77. The minimum absolute atomic E-state index is 0.0110. The number of nitrogens with one attached hydrogen (secondary N) is 2. The second-order valence-electron chi connectivity index (χ2n) is 3.71. The number of benzene rings is 1. The SMILES string of the molecule is CC(=O)NCCNC(C)c1cccc(Br)c1. The molecule has 1 amide bonds. The summed E-state index contributed by atoms with van der Waals surface area (Å²) in [5.74, 6) is 0.0110. The van der Waals surface area contributed by atoms with Crippen molar-refractivity contribution in [1.29, 1.82) is 0 Å². The first-order chi connectivity index (χ1) is 7.59. The Labute approximate surface area is 105 Å². The molecule has 0 fully saturated rings. The number of rotatable bonds is 5. The van der Waals surface area contributed by atoms with Crippen LogP contribution in [-0.4, -0.2) is 19.0 Å². The largest absolute Gasteiger partial charge is 0.355 e. The standard InChI is InChI=1S/C12H17BrN2O/c1-9(14-6-7-15-10(2)16)11-4-3-5-12(13)8-11/h3-5,8-9,14H,6-7H2,1-2H3,(H,15,16). The van der Waals surface area contributed by atoms with Crippen LogP contribution in [0.15, 0.2) is 28.7 Å². The van der Waals surface area contributed by atoms with E-state index < -0.39 is 0 Å². The number of carbonyl (C=O) groups excluding carboxylic acids is 1. The van der Waals surface area contributed by atoms with E-state index in [4.69, 9.17) is 0 Å². The van der Waals surface area contributed by atoms with Crippen LogP contribution in [0.25, 0.3) is 0 Å². The summed E-state index contributed by atoms with van der Waals surface area (Å²) in [6.07, 6.45) is 0. The molecule has 0 bridgehead atoms. The molecule has 0 radical (unpaired) electrons. The van der Waals surface area contributed by atoms with Crippen LogP contribution in [0.5, 0.6) is 0 Å². The molecule has 88 valence electrons. The van der Waals surface area contributed by atoms with E-state index in [9.17, 15) is 4.79 Å². The summed E-state index contributed by atoms with van der Waals surface area (Å²) < 4.78 is 1.08. The number of hydrogen-bond acceptors (Lipinski definition) is 2. The van der Waals surface area contributed by atoms with Crippen molar-refractivity contribution in [3.8, 4) is 0 Å². The first kappa shape index (κ1) is 13.2. The molecule has 4 heteroatoms. The Morgan fingerprint density at radius 3 is 2.81 bits per heavy atom. The van der Waals surface area contributed by atoms with Crippen molar-refractivity contribution in [2.24, 2.45) is 0 Å². The van der Waals surface area contributed by atoms with Crippen molar-refractivity contribution in [1.82, 2.24) is 10.6 Å². The quantitative estimate of drug-likeness (QED) is 0.815. The van der Waals surface area contributed by atoms with Gasteiger partial charge >= 0.3 is 0 Å². The molecule has 0 aliphatic rings. The van der Waals surface area contributed by atoms with Crippen molar-refractivity contribution in [3.05, 3.63) is 34.3 Å². The van der Waals surface area contributed by atoms with E-state index in [0.29, 0.717) is 6.54 Å². The second kappa shape index (κ2) is 6.66. The van der Waals surface area contributed by atoms with Gasteiger partial charge in [0.05, 0.1) is 0 Å². The van der Waals surface area contributed by atoms with Gasteiger partial charge in [-0.2, -0.15) is 0 Å². The van der Waals surface area contributed by atoms with Crippen LogP contribution in [0.1, 0.15) is 25.5 Å². The highest BCUT2D eigenvalue weighted by Gasteiger charge is 2.04. The highest BCUT2D eigenvalue weighted by Crippen LogP contribution is 2.17. The van der Waals surface area contributed by atoms with Gasteiger partial charge in [-0.15, -0.1) is 0 Å². The molecule has 1 aromatic rings. The van der Waals surface area contributed by atoms with Crippen LogP contribution in [0.3, 0.4) is 0 Å². The lowest BCUT2D eigenvalue weighted by Gasteiger charge is -2.14. The normalized spacial score (nSPS) is 12.2. The average molecular weight is 285 g/mol. The Morgan fingerprint density at radius 1 is 1.44 bits per heavy atom. The van der Waals surface area contributed by atoms with Crippen LogP contribution in [-0.2, 0) is 4.79 Å². The molecule has 0 aliphatic carbocycles. The zero-order chi connectivity index (χ0) is 12.0. The lowest BCUT2D eigenvalue weighted by atomic mass is 10.1. The molecule has 2 N–H and O–H groups in total. The Kier molecular flexibility index (Phi) is 5.49. The summed E-state index contributed by atoms with van der Waals surface area (Å²) in [7, 11) is 0. The fraction of sp³-hybridized carbons (Fsp3) is 0.417. The van der Waals surface area contributed by atoms with Gasteiger partial charge in [0.25, 0.3) is 0 Å². The molecule has 1 rings (SSSR count). The molecule has 0 aromatic heterocycles. The van der Waals surface area contributed by atoms with Gasteiger partial charge in [-0.05, 0) is 24.6 Å². The summed E-state index contributed by atoms with van der Waals surface area (Å²) in [6.45, 7) is 5.06. The number of halogens is 1. The highest BCUT2D eigenvalue weighted by molar-refractivity contribution is 9.10. The van der Waals surface area contributed by atoms with Crippen LogP contribution in [0, 0.1) is 0 Å². The first-order valence-electron chi connectivity index (χ1n) is 5.33. The van der Waals surface area contributed by atoms with Crippen molar-refractivity contribution >= 4 is 21.8 Å². The van der Waals surface area contributed by atoms with E-state index in [1.54, 1.807) is 0 Å². The van der Waals surface area contributed by atoms with Gasteiger partial charge < -0.3 is 10.6 Å². The summed E-state index contributed by atoms with van der Waals surface area (Å²) in [5, 5.41) is 6.10. The minimum atomic E-state index is 0.0110. The third-order valence-corrected chi connectivity index (χ3v) is 2.79.